The van der Waals surface area contributed by atoms with Crippen LogP contribution in [0.3, 0.4) is 0 Å². The number of hydrogen-bond acceptors (Lipinski definition) is 5. The number of Topliss-reactive ketones (excluding diaryl/α,β-unsaturated/α-hetero) is 1. The lowest BCUT2D eigenvalue weighted by molar-refractivity contribution is -0.163. The van der Waals surface area contributed by atoms with Crippen LogP contribution in [-0.4, -0.2) is 50.9 Å². The number of nitrogens with zero attached hydrogens (tertiary/aromatic N) is 1. The molecule has 7 heteroatoms. The van der Waals surface area contributed by atoms with Crippen LogP contribution in [0.4, 0.5) is 0 Å². The molecule has 0 saturated carbocycles. The Balaban J connectivity index is 2.26. The quantitative estimate of drug-likeness (QED) is 0.398. The van der Waals surface area contributed by atoms with E-state index in [2.05, 4.69) is 0 Å². The van der Waals surface area contributed by atoms with Gasteiger partial charge in [0.05, 0.1) is 5.75 Å². The molecule has 0 radical (unpaired) electrons. The van der Waals surface area contributed by atoms with Gasteiger partial charge in [0, 0.05) is 0 Å². The van der Waals surface area contributed by atoms with Crippen LogP contribution in [0.5, 0.6) is 0 Å². The molecule has 14 heavy (non-hydrogen) atoms. The van der Waals surface area contributed by atoms with E-state index in [1.54, 1.807) is 0 Å². The molecule has 2 fully saturated rings. The smallest absolute Gasteiger partial charge is 0.334 e. The number of thioether (sulfide) groups is 1. The van der Waals surface area contributed by atoms with Crippen molar-refractivity contribution in [2.75, 3.05) is 5.75 Å². The van der Waals surface area contributed by atoms with Crippen molar-refractivity contribution in [3.8, 4) is 0 Å². The highest BCUT2D eigenvalue weighted by molar-refractivity contribution is 8.00. The third kappa shape index (κ3) is 1.05. The number of β-lactam (4-membered cyclic amide) rings is 1. The molecule has 0 aromatic rings. The topological polar surface area (TPSA) is 101 Å². The number of nitrogens with two attached hydrogens (primary N) is 1. The summed E-state index contributed by atoms with van der Waals surface area (Å²) in [6, 6.07) is -1.98. The summed E-state index contributed by atoms with van der Waals surface area (Å²) in [5, 5.41) is 8.42. The van der Waals surface area contributed by atoms with Crippen molar-refractivity contribution in [2.45, 2.75) is 17.5 Å². The Bertz CT molecular complexity index is 332. The molecule has 2 aliphatic heterocycles. The summed E-state index contributed by atoms with van der Waals surface area (Å²) < 4.78 is 0. The fourth-order valence-corrected chi connectivity index (χ4v) is 2.83. The summed E-state index contributed by atoms with van der Waals surface area (Å²) in [6.07, 6.45) is 0. The fraction of sp³-hybridized carbons (Fsp3) is 0.571. The molecule has 6 nitrogen and oxygen atoms in total. The van der Waals surface area contributed by atoms with Crippen LogP contribution >= 0.6 is 11.8 Å². The number of ketones is 1. The Hall–Kier alpha value is -1.08. The Morgan fingerprint density at radius 3 is 2.79 bits per heavy atom. The first-order valence-corrected chi connectivity index (χ1v) is 5.04. The first kappa shape index (κ1) is 9.47. The first-order chi connectivity index (χ1) is 6.54. The zero-order chi connectivity index (χ0) is 10.5. The van der Waals surface area contributed by atoms with Gasteiger partial charge >= 0.3 is 5.97 Å². The standard InChI is InChI=1S/C7H8N2O4S/c8-3-5(11)9-4(7(12)13)2(10)1-14-6(3)9/h3-4,6H,1,8H2,(H,12,13)/t3-,4?,6+/m1/s1. The Labute approximate surface area is 83.4 Å². The summed E-state index contributed by atoms with van der Waals surface area (Å²) in [4.78, 5) is 34.3. The molecular formula is C7H8N2O4S. The summed E-state index contributed by atoms with van der Waals surface area (Å²) in [5.74, 6) is -2.07. The van der Waals surface area contributed by atoms with Gasteiger partial charge in [-0.05, 0) is 0 Å². The number of fused-ring (bicyclic) bond motifs is 1. The van der Waals surface area contributed by atoms with E-state index in [9.17, 15) is 14.4 Å². The van der Waals surface area contributed by atoms with Gasteiger partial charge in [0.1, 0.15) is 11.4 Å². The van der Waals surface area contributed by atoms with E-state index in [0.29, 0.717) is 0 Å². The number of hydrogen-bond donors (Lipinski definition) is 2. The average molecular weight is 216 g/mol. The molecular weight excluding hydrogens is 208 g/mol. The molecule has 2 saturated heterocycles. The molecule has 0 aliphatic carbocycles. The van der Waals surface area contributed by atoms with E-state index in [0.717, 1.165) is 4.90 Å². The maximum atomic E-state index is 11.2. The zero-order valence-electron chi connectivity index (χ0n) is 7.04. The van der Waals surface area contributed by atoms with Crippen molar-refractivity contribution in [2.24, 2.45) is 5.73 Å². The van der Waals surface area contributed by atoms with Gasteiger partial charge in [-0.2, -0.15) is 0 Å². The molecule has 0 aromatic carbocycles. The van der Waals surface area contributed by atoms with Gasteiger partial charge in [0.25, 0.3) is 0 Å². The lowest BCUT2D eigenvalue weighted by Gasteiger charge is -2.49. The van der Waals surface area contributed by atoms with Crippen molar-refractivity contribution in [1.82, 2.24) is 4.90 Å². The average Bonchev–Trinajstić information content (AvgIpc) is 2.15. The number of rotatable bonds is 1. The fourth-order valence-electron chi connectivity index (χ4n) is 1.63. The lowest BCUT2D eigenvalue weighted by Crippen LogP contribution is -2.74. The van der Waals surface area contributed by atoms with Crippen LogP contribution in [0.2, 0.25) is 0 Å². The van der Waals surface area contributed by atoms with Crippen LogP contribution in [0.25, 0.3) is 0 Å². The second-order valence-electron chi connectivity index (χ2n) is 3.18. The Kier molecular flexibility index (Phi) is 2.00. The molecule has 1 amide bonds. The minimum absolute atomic E-state index is 0.110. The molecule has 2 rings (SSSR count). The number of carboxylic acids is 1. The van der Waals surface area contributed by atoms with E-state index in [-0.39, 0.29) is 11.1 Å². The summed E-state index contributed by atoms with van der Waals surface area (Å²) in [6.45, 7) is 0. The van der Waals surface area contributed by atoms with Crippen LogP contribution in [0.15, 0.2) is 0 Å². The van der Waals surface area contributed by atoms with Gasteiger partial charge in [0.2, 0.25) is 5.91 Å². The van der Waals surface area contributed by atoms with Crippen molar-refractivity contribution in [3.63, 3.8) is 0 Å². The van der Waals surface area contributed by atoms with Crippen molar-refractivity contribution < 1.29 is 19.5 Å². The molecule has 0 bridgehead atoms. The lowest BCUT2D eigenvalue weighted by atomic mass is 10.0. The molecule has 1 unspecified atom stereocenters. The first-order valence-electron chi connectivity index (χ1n) is 3.99. The van der Waals surface area contributed by atoms with Crippen LogP contribution < -0.4 is 5.73 Å². The number of aliphatic carboxylic acids is 1. The highest BCUT2D eigenvalue weighted by Crippen LogP contribution is 2.35. The van der Waals surface area contributed by atoms with E-state index < -0.39 is 29.7 Å². The predicted molar refractivity (Wildman–Crippen MR) is 47.5 cm³/mol. The van der Waals surface area contributed by atoms with Gasteiger partial charge in [-0.25, -0.2) is 4.79 Å². The molecule has 3 atom stereocenters. The highest BCUT2D eigenvalue weighted by Gasteiger charge is 2.55. The summed E-state index contributed by atoms with van der Waals surface area (Å²) >= 11 is 1.22. The Morgan fingerprint density at radius 1 is 1.57 bits per heavy atom. The van der Waals surface area contributed by atoms with Crippen molar-refractivity contribution in [1.29, 1.82) is 0 Å². The second kappa shape index (κ2) is 2.96. The molecule has 2 aliphatic rings. The van der Waals surface area contributed by atoms with E-state index >= 15 is 0 Å². The van der Waals surface area contributed by atoms with Gasteiger partial charge in [0.15, 0.2) is 11.8 Å². The normalized spacial score (nSPS) is 36.4. The van der Waals surface area contributed by atoms with Gasteiger partial charge in [-0.15, -0.1) is 11.8 Å². The maximum absolute atomic E-state index is 11.2. The third-order valence-electron chi connectivity index (χ3n) is 2.33. The van der Waals surface area contributed by atoms with Crippen LogP contribution in [0, 0.1) is 0 Å². The highest BCUT2D eigenvalue weighted by atomic mass is 32.2. The Morgan fingerprint density at radius 2 is 2.21 bits per heavy atom. The van der Waals surface area contributed by atoms with E-state index in [4.69, 9.17) is 10.8 Å². The van der Waals surface area contributed by atoms with Crippen LogP contribution in [0.1, 0.15) is 0 Å². The largest absolute Gasteiger partial charge is 0.479 e. The van der Waals surface area contributed by atoms with Crippen LogP contribution in [-0.2, 0) is 14.4 Å². The van der Waals surface area contributed by atoms with Gasteiger partial charge in [-0.1, -0.05) is 0 Å². The summed E-state index contributed by atoms with van der Waals surface area (Å²) in [7, 11) is 0. The van der Waals surface area contributed by atoms with Crippen molar-refractivity contribution in [3.05, 3.63) is 0 Å². The van der Waals surface area contributed by atoms with Crippen molar-refractivity contribution >= 4 is 29.4 Å². The number of carbonyl (C=O) groups excluding carboxylic acids is 2. The third-order valence-corrected chi connectivity index (χ3v) is 3.65. The minimum Gasteiger partial charge on any atom is -0.479 e. The number of carbonyl (C=O) groups is 3. The second-order valence-corrected chi connectivity index (χ2v) is 4.28. The monoisotopic (exact) mass is 216 g/mol. The summed E-state index contributed by atoms with van der Waals surface area (Å²) in [5.41, 5.74) is 5.47. The zero-order valence-corrected chi connectivity index (χ0v) is 7.86. The predicted octanol–water partition coefficient (Wildman–Crippen LogP) is -1.75. The molecule has 76 valence electrons. The molecule has 0 spiro atoms. The number of amides is 1. The van der Waals surface area contributed by atoms with E-state index in [1.807, 2.05) is 0 Å². The minimum atomic E-state index is -1.33. The molecule has 2 heterocycles. The molecule has 3 N–H and O–H groups in total. The van der Waals surface area contributed by atoms with Gasteiger partial charge in [-0.3, -0.25) is 9.59 Å². The molecule has 0 aromatic heterocycles. The maximum Gasteiger partial charge on any atom is 0.334 e. The van der Waals surface area contributed by atoms with Gasteiger partial charge < -0.3 is 15.7 Å². The SMILES string of the molecule is N[C@@H]1C(=O)N2C(C(=O)O)C(=O)CS[C@@H]12. The number of carboxylic acid groups (broad SMARTS) is 1. The van der Waals surface area contributed by atoms with E-state index in [1.165, 1.54) is 11.8 Å².